The molecule has 1 aliphatic heterocycles. The highest BCUT2D eigenvalue weighted by molar-refractivity contribution is 6.30. The number of methoxy groups -OCH3 is 1. The molecule has 0 aliphatic carbocycles. The van der Waals surface area contributed by atoms with Crippen molar-refractivity contribution < 1.29 is 9.47 Å². The van der Waals surface area contributed by atoms with Crippen molar-refractivity contribution in [3.05, 3.63) is 46.9 Å². The smallest absolute Gasteiger partial charge is 0.182 e. The summed E-state index contributed by atoms with van der Waals surface area (Å²) in [5.74, 6) is 1.28. The lowest BCUT2D eigenvalue weighted by Crippen LogP contribution is -2.40. The molecule has 1 N–H and O–H groups in total. The Bertz CT molecular complexity index is 785. The minimum Gasteiger partial charge on any atom is -0.496 e. The summed E-state index contributed by atoms with van der Waals surface area (Å²) in [6.45, 7) is 1.90. The van der Waals surface area contributed by atoms with Crippen molar-refractivity contribution in [2.75, 3.05) is 32.2 Å². The molecule has 0 bridgehead atoms. The average molecular weight is 359 g/mol. The SMILES string of the molecule is COc1ccc(Cl)cc1C1(CNc2nccnc2C#N)CCOCC1. The average Bonchev–Trinajstić information content (AvgIpc) is 2.67. The van der Waals surface area contributed by atoms with Gasteiger partial charge in [-0.3, -0.25) is 0 Å². The normalized spacial score (nSPS) is 16.0. The van der Waals surface area contributed by atoms with Crippen LogP contribution in [0.25, 0.3) is 0 Å². The minimum absolute atomic E-state index is 0.223. The molecular formula is C18H19ClN4O2. The van der Waals surface area contributed by atoms with Gasteiger partial charge in [-0.05, 0) is 31.0 Å². The third kappa shape index (κ3) is 3.68. The number of hydrogen-bond donors (Lipinski definition) is 1. The topological polar surface area (TPSA) is 80.1 Å². The zero-order chi connectivity index (χ0) is 17.7. The van der Waals surface area contributed by atoms with E-state index in [9.17, 15) is 5.26 Å². The number of ether oxygens (including phenoxy) is 2. The molecule has 6 nitrogen and oxygen atoms in total. The van der Waals surface area contributed by atoms with Gasteiger partial charge in [0.05, 0.1) is 7.11 Å². The van der Waals surface area contributed by atoms with Gasteiger partial charge in [-0.25, -0.2) is 9.97 Å². The Morgan fingerprint density at radius 2 is 2.08 bits per heavy atom. The van der Waals surface area contributed by atoms with Crippen LogP contribution in [-0.2, 0) is 10.2 Å². The predicted molar refractivity (Wildman–Crippen MR) is 95.0 cm³/mol. The molecule has 0 atom stereocenters. The highest BCUT2D eigenvalue weighted by Crippen LogP contribution is 2.41. The minimum atomic E-state index is -0.223. The van der Waals surface area contributed by atoms with Gasteiger partial charge in [0.25, 0.3) is 0 Å². The molecule has 1 aliphatic rings. The van der Waals surface area contributed by atoms with Gasteiger partial charge >= 0.3 is 0 Å². The van der Waals surface area contributed by atoms with Crippen molar-refractivity contribution in [3.63, 3.8) is 0 Å². The van der Waals surface area contributed by atoms with Gasteiger partial charge in [0.15, 0.2) is 11.5 Å². The molecule has 0 amide bonds. The second-order valence-corrected chi connectivity index (χ2v) is 6.39. The number of nitriles is 1. The zero-order valence-corrected chi connectivity index (χ0v) is 14.7. The molecule has 2 heterocycles. The van der Waals surface area contributed by atoms with Crippen molar-refractivity contribution in [3.8, 4) is 11.8 Å². The first-order valence-corrected chi connectivity index (χ1v) is 8.43. The summed E-state index contributed by atoms with van der Waals surface area (Å²) in [7, 11) is 1.66. The maximum atomic E-state index is 9.21. The van der Waals surface area contributed by atoms with E-state index < -0.39 is 0 Å². The van der Waals surface area contributed by atoms with Crippen molar-refractivity contribution in [1.29, 1.82) is 5.26 Å². The summed E-state index contributed by atoms with van der Waals surface area (Å²) < 4.78 is 11.1. The third-order valence-electron chi connectivity index (χ3n) is 4.58. The van der Waals surface area contributed by atoms with Crippen LogP contribution in [0.15, 0.2) is 30.6 Å². The second-order valence-electron chi connectivity index (χ2n) is 5.96. The van der Waals surface area contributed by atoms with Gasteiger partial charge < -0.3 is 14.8 Å². The van der Waals surface area contributed by atoms with Crippen LogP contribution in [0, 0.1) is 11.3 Å². The molecule has 3 rings (SSSR count). The first-order valence-electron chi connectivity index (χ1n) is 8.05. The summed E-state index contributed by atoms with van der Waals surface area (Å²) in [6.07, 6.45) is 4.71. The van der Waals surface area contributed by atoms with Crippen LogP contribution in [0.1, 0.15) is 24.1 Å². The molecule has 0 unspecified atom stereocenters. The molecule has 0 saturated carbocycles. The summed E-state index contributed by atoms with van der Waals surface area (Å²) in [5, 5.41) is 13.2. The number of benzene rings is 1. The molecule has 1 fully saturated rings. The lowest BCUT2D eigenvalue weighted by molar-refractivity contribution is 0.0535. The standard InChI is InChI=1S/C18H19ClN4O2/c1-24-16-3-2-13(19)10-14(16)18(4-8-25-9-5-18)12-23-17-15(11-20)21-6-7-22-17/h2-3,6-7,10H,4-5,8-9,12H2,1H3,(H,22,23). The maximum Gasteiger partial charge on any atom is 0.182 e. The zero-order valence-electron chi connectivity index (χ0n) is 14.0. The maximum absolute atomic E-state index is 9.21. The molecule has 130 valence electrons. The van der Waals surface area contributed by atoms with Crippen molar-refractivity contribution in [2.24, 2.45) is 0 Å². The number of aromatic nitrogens is 2. The number of rotatable bonds is 5. The van der Waals surface area contributed by atoms with Crippen LogP contribution >= 0.6 is 11.6 Å². The lowest BCUT2D eigenvalue weighted by atomic mass is 9.73. The van der Waals surface area contributed by atoms with Crippen molar-refractivity contribution in [2.45, 2.75) is 18.3 Å². The van der Waals surface area contributed by atoms with Gasteiger partial charge in [0.1, 0.15) is 11.8 Å². The molecule has 1 aromatic carbocycles. The van der Waals surface area contributed by atoms with Gasteiger partial charge in [-0.15, -0.1) is 0 Å². The number of hydrogen-bond acceptors (Lipinski definition) is 6. The Morgan fingerprint density at radius 1 is 1.32 bits per heavy atom. The van der Waals surface area contributed by atoms with Crippen molar-refractivity contribution in [1.82, 2.24) is 9.97 Å². The van der Waals surface area contributed by atoms with Crippen LogP contribution in [0.4, 0.5) is 5.82 Å². The van der Waals surface area contributed by atoms with E-state index in [1.165, 1.54) is 6.20 Å². The first kappa shape index (κ1) is 17.5. The molecule has 7 heteroatoms. The van der Waals surface area contributed by atoms with E-state index in [0.717, 1.165) is 24.2 Å². The van der Waals surface area contributed by atoms with E-state index in [1.54, 1.807) is 13.3 Å². The van der Waals surface area contributed by atoms with E-state index in [2.05, 4.69) is 21.4 Å². The van der Waals surface area contributed by atoms with E-state index in [-0.39, 0.29) is 11.1 Å². The van der Waals surface area contributed by atoms with Crippen LogP contribution < -0.4 is 10.1 Å². The highest BCUT2D eigenvalue weighted by atomic mass is 35.5. The van der Waals surface area contributed by atoms with E-state index in [4.69, 9.17) is 21.1 Å². The Kier molecular flexibility index (Phi) is 5.37. The van der Waals surface area contributed by atoms with Crippen molar-refractivity contribution >= 4 is 17.4 Å². The van der Waals surface area contributed by atoms with E-state index >= 15 is 0 Å². The third-order valence-corrected chi connectivity index (χ3v) is 4.82. The van der Waals surface area contributed by atoms with Gasteiger partial charge in [-0.1, -0.05) is 11.6 Å². The Balaban J connectivity index is 1.95. The van der Waals surface area contributed by atoms with Crippen LogP contribution in [0.2, 0.25) is 5.02 Å². The molecule has 25 heavy (non-hydrogen) atoms. The number of nitrogens with one attached hydrogen (secondary N) is 1. The Hall–Kier alpha value is -2.36. The van der Waals surface area contributed by atoms with Gasteiger partial charge in [0, 0.05) is 48.2 Å². The fourth-order valence-electron chi connectivity index (χ4n) is 3.20. The lowest BCUT2D eigenvalue weighted by Gasteiger charge is -2.38. The van der Waals surface area contributed by atoms with Crippen LogP contribution in [0.5, 0.6) is 5.75 Å². The van der Waals surface area contributed by atoms with Gasteiger partial charge in [-0.2, -0.15) is 5.26 Å². The molecule has 0 spiro atoms. The fourth-order valence-corrected chi connectivity index (χ4v) is 3.37. The van der Waals surface area contributed by atoms with Crippen LogP contribution in [0.3, 0.4) is 0 Å². The molecule has 0 radical (unpaired) electrons. The summed E-state index contributed by atoms with van der Waals surface area (Å²) in [4.78, 5) is 8.28. The fraction of sp³-hybridized carbons (Fsp3) is 0.389. The number of nitrogens with zero attached hydrogens (tertiary/aromatic N) is 3. The summed E-state index contributed by atoms with van der Waals surface area (Å²) in [6, 6.07) is 7.72. The largest absolute Gasteiger partial charge is 0.496 e. The quantitative estimate of drug-likeness (QED) is 0.884. The summed E-state index contributed by atoms with van der Waals surface area (Å²) >= 11 is 6.25. The Labute approximate surface area is 151 Å². The summed E-state index contributed by atoms with van der Waals surface area (Å²) in [5.41, 5.74) is 1.10. The first-order chi connectivity index (χ1) is 12.2. The second kappa shape index (κ2) is 7.68. The number of anilines is 1. The molecule has 2 aromatic rings. The van der Waals surface area contributed by atoms with E-state index in [1.807, 2.05) is 18.2 Å². The molecular weight excluding hydrogens is 340 g/mol. The highest BCUT2D eigenvalue weighted by Gasteiger charge is 2.37. The predicted octanol–water partition coefficient (Wildman–Crippen LogP) is 3.17. The molecule has 1 aromatic heterocycles. The van der Waals surface area contributed by atoms with Gasteiger partial charge in [0.2, 0.25) is 0 Å². The number of halogens is 1. The molecule has 1 saturated heterocycles. The van der Waals surface area contributed by atoms with Crippen LogP contribution in [-0.4, -0.2) is 36.8 Å². The monoisotopic (exact) mass is 358 g/mol. The van der Waals surface area contributed by atoms with E-state index in [0.29, 0.717) is 30.6 Å². The Morgan fingerprint density at radius 3 is 2.80 bits per heavy atom.